The van der Waals surface area contributed by atoms with Gasteiger partial charge in [-0.2, -0.15) is 0 Å². The second-order valence-electron chi connectivity index (χ2n) is 11.3. The number of ether oxygens (including phenoxy) is 3. The molecule has 3 saturated heterocycles. The van der Waals surface area contributed by atoms with Gasteiger partial charge in [-0.3, -0.25) is 10.2 Å². The molecule has 0 aromatic heterocycles. The van der Waals surface area contributed by atoms with Gasteiger partial charge in [0.2, 0.25) is 0 Å². The fraction of sp³-hybridized carbons (Fsp3) is 0.531. The van der Waals surface area contributed by atoms with E-state index in [1.165, 1.54) is 44.8 Å². The van der Waals surface area contributed by atoms with Crippen molar-refractivity contribution in [3.05, 3.63) is 77.9 Å². The van der Waals surface area contributed by atoms with Crippen LogP contribution in [0.25, 0.3) is 0 Å². The Hall–Kier alpha value is -2.75. The molecule has 216 valence electrons. The molecule has 5 unspecified atom stereocenters. The maximum absolute atomic E-state index is 12.1. The highest BCUT2D eigenvalue weighted by Gasteiger charge is 2.41. The number of benzene rings is 2. The number of hydrogen-bond acceptors (Lipinski definition) is 7. The predicted molar refractivity (Wildman–Crippen MR) is 155 cm³/mol. The highest BCUT2D eigenvalue weighted by atomic mass is 16.7. The lowest BCUT2D eigenvalue weighted by molar-refractivity contribution is -0.276. The third-order valence-electron chi connectivity index (χ3n) is 8.44. The molecular formula is C32H43N3O5. The fourth-order valence-electron chi connectivity index (χ4n) is 6.22. The monoisotopic (exact) mass is 549 g/mol. The van der Waals surface area contributed by atoms with Crippen molar-refractivity contribution in [2.24, 2.45) is 5.92 Å². The smallest absolute Gasteiger partial charge is 0.411 e. The zero-order valence-electron chi connectivity index (χ0n) is 23.5. The van der Waals surface area contributed by atoms with E-state index in [0.717, 1.165) is 36.3 Å². The lowest BCUT2D eigenvalue weighted by Crippen LogP contribution is -2.48. The average Bonchev–Trinajstić information content (AvgIpc) is 3.66. The Labute approximate surface area is 237 Å². The Morgan fingerprint density at radius 2 is 1.88 bits per heavy atom. The maximum Gasteiger partial charge on any atom is 0.411 e. The Bertz CT molecular complexity index is 1120. The second kappa shape index (κ2) is 13.7. The van der Waals surface area contributed by atoms with E-state index in [-0.39, 0.29) is 31.3 Å². The van der Waals surface area contributed by atoms with Gasteiger partial charge in [-0.1, -0.05) is 56.0 Å². The summed E-state index contributed by atoms with van der Waals surface area (Å²) in [6.45, 7) is 11.5. The summed E-state index contributed by atoms with van der Waals surface area (Å²) in [4.78, 5) is 17.4. The van der Waals surface area contributed by atoms with Crippen molar-refractivity contribution in [1.82, 2.24) is 9.80 Å². The number of likely N-dealkylation sites (tertiary alicyclic amines) is 2. The molecule has 5 atom stereocenters. The van der Waals surface area contributed by atoms with Gasteiger partial charge in [-0.25, -0.2) is 4.79 Å². The Balaban J connectivity index is 1.35. The van der Waals surface area contributed by atoms with Gasteiger partial charge in [0.15, 0.2) is 6.29 Å². The second-order valence-corrected chi connectivity index (χ2v) is 11.3. The van der Waals surface area contributed by atoms with Crippen molar-refractivity contribution in [1.29, 1.82) is 0 Å². The number of anilines is 1. The van der Waals surface area contributed by atoms with Gasteiger partial charge in [0.25, 0.3) is 0 Å². The lowest BCUT2D eigenvalue weighted by Gasteiger charge is -2.43. The van der Waals surface area contributed by atoms with Crippen molar-refractivity contribution in [2.45, 2.75) is 63.8 Å². The first kappa shape index (κ1) is 28.8. The number of nitrogens with one attached hydrogen (secondary N) is 1. The molecule has 8 heteroatoms. The van der Waals surface area contributed by atoms with Crippen LogP contribution in [0.1, 0.15) is 61.7 Å². The molecule has 0 bridgehead atoms. The standard InChI is InChI=1S/C32H43N3O5/c1-3-18-38-32(37)33-27-9-6-8-26(19-27)31-39-29(21-35-17-7-10-28(35)20-34-15-4-5-16-34)23(2)30(40-31)25-13-11-24(22-36)12-14-25/h3,6,8-9,11-14,19,23,28-31,36H,1,4-5,7,10,15-18,20-22H2,2H3,(H,33,37). The SMILES string of the molecule is C=CCOC(=O)Nc1cccc(C2OC(CN3CCCC3CN3CCCC3)C(C)C(c3ccc(CO)cc3)O2)c1. The number of aliphatic hydroxyl groups excluding tert-OH is 1. The largest absolute Gasteiger partial charge is 0.445 e. The third-order valence-corrected chi connectivity index (χ3v) is 8.44. The van der Waals surface area contributed by atoms with Gasteiger partial charge in [0.05, 0.1) is 18.8 Å². The molecule has 2 aromatic carbocycles. The number of hydrogen-bond donors (Lipinski definition) is 2. The summed E-state index contributed by atoms with van der Waals surface area (Å²) in [5, 5.41) is 12.3. The van der Waals surface area contributed by atoms with E-state index < -0.39 is 12.4 Å². The molecule has 5 rings (SSSR count). The van der Waals surface area contributed by atoms with E-state index >= 15 is 0 Å². The molecule has 2 aromatic rings. The quantitative estimate of drug-likeness (QED) is 0.391. The highest BCUT2D eigenvalue weighted by Crippen LogP contribution is 2.42. The number of carbonyl (C=O) groups is 1. The van der Waals surface area contributed by atoms with Crippen LogP contribution in [0.4, 0.5) is 10.5 Å². The molecule has 3 heterocycles. The van der Waals surface area contributed by atoms with Crippen LogP contribution in [-0.2, 0) is 20.8 Å². The van der Waals surface area contributed by atoms with Crippen molar-refractivity contribution in [3.63, 3.8) is 0 Å². The van der Waals surface area contributed by atoms with Crippen LogP contribution in [0, 0.1) is 5.92 Å². The molecule has 2 N–H and O–H groups in total. The summed E-state index contributed by atoms with van der Waals surface area (Å²) >= 11 is 0. The molecule has 3 fully saturated rings. The van der Waals surface area contributed by atoms with E-state index in [9.17, 15) is 9.90 Å². The van der Waals surface area contributed by atoms with Gasteiger partial charge < -0.3 is 24.2 Å². The molecule has 0 saturated carbocycles. The van der Waals surface area contributed by atoms with Crippen LogP contribution >= 0.6 is 0 Å². The van der Waals surface area contributed by atoms with Crippen LogP contribution in [0.3, 0.4) is 0 Å². The van der Waals surface area contributed by atoms with Crippen LogP contribution < -0.4 is 5.32 Å². The van der Waals surface area contributed by atoms with Crippen LogP contribution in [0.5, 0.6) is 0 Å². The Morgan fingerprint density at radius 3 is 2.62 bits per heavy atom. The summed E-state index contributed by atoms with van der Waals surface area (Å²) < 4.78 is 18.4. The predicted octanol–water partition coefficient (Wildman–Crippen LogP) is 5.27. The normalized spacial score (nSPS) is 27.5. The molecule has 1 amide bonds. The van der Waals surface area contributed by atoms with E-state index in [1.807, 2.05) is 48.5 Å². The lowest BCUT2D eigenvalue weighted by atomic mass is 9.90. The minimum absolute atomic E-state index is 0.0120. The first-order chi connectivity index (χ1) is 19.5. The van der Waals surface area contributed by atoms with Gasteiger partial charge in [-0.15, -0.1) is 0 Å². The first-order valence-electron chi connectivity index (χ1n) is 14.7. The number of amides is 1. The molecule has 3 aliphatic rings. The van der Waals surface area contributed by atoms with Gasteiger partial charge in [0, 0.05) is 36.3 Å². The van der Waals surface area contributed by atoms with E-state index in [1.54, 1.807) is 0 Å². The molecule has 0 radical (unpaired) electrons. The first-order valence-corrected chi connectivity index (χ1v) is 14.7. The molecule has 8 nitrogen and oxygen atoms in total. The van der Waals surface area contributed by atoms with Crippen LogP contribution in [-0.4, -0.2) is 72.5 Å². The number of nitrogens with zero attached hydrogens (tertiary/aromatic N) is 2. The Kier molecular flexibility index (Phi) is 9.88. The minimum Gasteiger partial charge on any atom is -0.445 e. The van der Waals surface area contributed by atoms with Crippen LogP contribution in [0.15, 0.2) is 61.2 Å². The number of aliphatic hydroxyl groups is 1. The van der Waals surface area contributed by atoms with Crippen molar-refractivity contribution in [3.8, 4) is 0 Å². The van der Waals surface area contributed by atoms with E-state index in [2.05, 4.69) is 28.6 Å². The molecule has 3 aliphatic heterocycles. The maximum atomic E-state index is 12.1. The van der Waals surface area contributed by atoms with Crippen LogP contribution in [0.2, 0.25) is 0 Å². The van der Waals surface area contributed by atoms with Gasteiger partial charge >= 0.3 is 6.09 Å². The van der Waals surface area contributed by atoms with Crippen molar-refractivity contribution in [2.75, 3.05) is 44.6 Å². The van der Waals surface area contributed by atoms with Gasteiger partial charge in [-0.05, 0) is 68.6 Å². The number of rotatable bonds is 10. The average molecular weight is 550 g/mol. The zero-order chi connectivity index (χ0) is 27.9. The molecule has 0 aliphatic carbocycles. The van der Waals surface area contributed by atoms with E-state index in [4.69, 9.17) is 14.2 Å². The summed E-state index contributed by atoms with van der Waals surface area (Å²) in [6, 6.07) is 16.1. The summed E-state index contributed by atoms with van der Waals surface area (Å²) in [5.41, 5.74) is 3.40. The molecule has 0 spiro atoms. The highest BCUT2D eigenvalue weighted by molar-refractivity contribution is 5.84. The summed E-state index contributed by atoms with van der Waals surface area (Å²) in [6.07, 6.45) is 5.28. The zero-order valence-corrected chi connectivity index (χ0v) is 23.5. The summed E-state index contributed by atoms with van der Waals surface area (Å²) in [5.74, 6) is 0.124. The Morgan fingerprint density at radius 1 is 1.07 bits per heavy atom. The molecule has 40 heavy (non-hydrogen) atoms. The van der Waals surface area contributed by atoms with E-state index in [0.29, 0.717) is 11.7 Å². The topological polar surface area (TPSA) is 83.5 Å². The minimum atomic E-state index is -0.589. The summed E-state index contributed by atoms with van der Waals surface area (Å²) in [7, 11) is 0. The fourth-order valence-corrected chi connectivity index (χ4v) is 6.22. The number of carbonyl (C=O) groups excluding carboxylic acids is 1. The molecular weight excluding hydrogens is 506 g/mol. The van der Waals surface area contributed by atoms with Gasteiger partial charge in [0.1, 0.15) is 6.61 Å². The third kappa shape index (κ3) is 7.11. The van der Waals surface area contributed by atoms with Crippen molar-refractivity contribution >= 4 is 11.8 Å². The van der Waals surface area contributed by atoms with Crippen molar-refractivity contribution < 1.29 is 24.1 Å².